The molecule has 39 heavy (non-hydrogen) atoms. The molecule has 202 valence electrons. The molecule has 0 radical (unpaired) electrons. The number of aliphatic hydroxyl groups is 1. The second-order valence-electron chi connectivity index (χ2n) is 10.5. The first kappa shape index (κ1) is 26.3. The Balaban J connectivity index is 1.33. The van der Waals surface area contributed by atoms with E-state index in [1.54, 1.807) is 16.7 Å². The number of hydrogen-bond acceptors (Lipinski definition) is 5. The SMILES string of the molecule is O=C(Nc1ccc2ccccc2c1)C1N(CCCCO)C(=O)[C@@H]2[C@H](C(=O)Nc3ccccc3)[C@H]3SC12CC3Br. The number of nitrogens with one attached hydrogen (secondary N) is 2. The molecule has 6 rings (SSSR count). The minimum Gasteiger partial charge on any atom is -0.396 e. The minimum absolute atomic E-state index is 0.00596. The molecule has 0 saturated carbocycles. The van der Waals surface area contributed by atoms with E-state index in [2.05, 4.69) is 26.6 Å². The van der Waals surface area contributed by atoms with Gasteiger partial charge >= 0.3 is 0 Å². The number of alkyl halides is 1. The molecule has 0 aromatic heterocycles. The van der Waals surface area contributed by atoms with E-state index in [0.29, 0.717) is 37.2 Å². The van der Waals surface area contributed by atoms with Gasteiger partial charge in [0.25, 0.3) is 0 Å². The summed E-state index contributed by atoms with van der Waals surface area (Å²) in [5, 5.41) is 17.5. The van der Waals surface area contributed by atoms with Gasteiger partial charge in [0.1, 0.15) is 6.04 Å². The molecule has 3 aromatic rings. The lowest BCUT2D eigenvalue weighted by molar-refractivity contribution is -0.138. The Bertz CT molecular complexity index is 1420. The first-order valence-corrected chi connectivity index (χ1v) is 15.1. The van der Waals surface area contributed by atoms with Crippen LogP contribution < -0.4 is 10.6 Å². The Morgan fingerprint density at radius 3 is 2.44 bits per heavy atom. The van der Waals surface area contributed by atoms with E-state index in [-0.39, 0.29) is 34.4 Å². The van der Waals surface area contributed by atoms with Crippen molar-refractivity contribution in [2.75, 3.05) is 23.8 Å². The largest absolute Gasteiger partial charge is 0.396 e. The minimum atomic E-state index is -0.718. The van der Waals surface area contributed by atoms with Gasteiger partial charge < -0.3 is 20.6 Å². The van der Waals surface area contributed by atoms with Crippen LogP contribution in [0.15, 0.2) is 72.8 Å². The predicted molar refractivity (Wildman–Crippen MR) is 158 cm³/mol. The Morgan fingerprint density at radius 2 is 1.67 bits per heavy atom. The molecule has 2 bridgehead atoms. The maximum atomic E-state index is 14.1. The van der Waals surface area contributed by atoms with Crippen molar-refractivity contribution < 1.29 is 19.5 Å². The smallest absolute Gasteiger partial charge is 0.248 e. The summed E-state index contributed by atoms with van der Waals surface area (Å²) >= 11 is 5.42. The number of hydrogen-bond donors (Lipinski definition) is 3. The highest BCUT2D eigenvalue weighted by Crippen LogP contribution is 2.67. The van der Waals surface area contributed by atoms with Gasteiger partial charge in [-0.1, -0.05) is 64.5 Å². The van der Waals surface area contributed by atoms with Gasteiger partial charge in [-0.2, -0.15) is 0 Å². The summed E-state index contributed by atoms with van der Waals surface area (Å²) in [4.78, 5) is 43.4. The fourth-order valence-electron chi connectivity index (χ4n) is 6.59. The van der Waals surface area contributed by atoms with Crippen molar-refractivity contribution in [3.63, 3.8) is 0 Å². The lowest BCUT2D eigenvalue weighted by Crippen LogP contribution is -2.52. The summed E-state index contributed by atoms with van der Waals surface area (Å²) in [5.74, 6) is -1.71. The van der Waals surface area contributed by atoms with Crippen molar-refractivity contribution in [2.24, 2.45) is 11.8 Å². The maximum Gasteiger partial charge on any atom is 0.248 e. The highest BCUT2D eigenvalue weighted by molar-refractivity contribution is 9.09. The van der Waals surface area contributed by atoms with Crippen LogP contribution in [0.1, 0.15) is 19.3 Å². The third kappa shape index (κ3) is 4.54. The van der Waals surface area contributed by atoms with Crippen LogP contribution in [0.5, 0.6) is 0 Å². The summed E-state index contributed by atoms with van der Waals surface area (Å²) in [7, 11) is 0. The molecule has 7 nitrogen and oxygen atoms in total. The average Bonchev–Trinajstić information content (AvgIpc) is 3.52. The maximum absolute atomic E-state index is 14.1. The monoisotopic (exact) mass is 607 g/mol. The summed E-state index contributed by atoms with van der Waals surface area (Å²) < 4.78 is -0.714. The molecule has 0 aliphatic carbocycles. The molecule has 3 aromatic carbocycles. The lowest BCUT2D eigenvalue weighted by Gasteiger charge is -2.35. The zero-order valence-electron chi connectivity index (χ0n) is 21.3. The average molecular weight is 609 g/mol. The van der Waals surface area contributed by atoms with Gasteiger partial charge in [0.15, 0.2) is 0 Å². The van der Waals surface area contributed by atoms with Gasteiger partial charge in [0.2, 0.25) is 17.7 Å². The molecule has 6 atom stereocenters. The number of rotatable bonds is 8. The summed E-state index contributed by atoms with van der Waals surface area (Å²) in [6.45, 7) is 0.381. The Morgan fingerprint density at radius 1 is 0.949 bits per heavy atom. The number of fused-ring (bicyclic) bond motifs is 2. The first-order valence-electron chi connectivity index (χ1n) is 13.3. The van der Waals surface area contributed by atoms with E-state index < -0.39 is 22.6 Å². The lowest BCUT2D eigenvalue weighted by atomic mass is 9.70. The summed E-state index contributed by atoms with van der Waals surface area (Å²) in [6.07, 6.45) is 1.74. The molecule has 9 heteroatoms. The number of aliphatic hydroxyl groups excluding tert-OH is 1. The van der Waals surface area contributed by atoms with Gasteiger partial charge in [-0.3, -0.25) is 14.4 Å². The molecular formula is C30H30BrN3O4S. The zero-order chi connectivity index (χ0) is 27.1. The molecule has 3 aliphatic heterocycles. The van der Waals surface area contributed by atoms with E-state index in [1.807, 2.05) is 72.8 Å². The highest BCUT2D eigenvalue weighted by Gasteiger charge is 2.75. The van der Waals surface area contributed by atoms with Crippen LogP contribution in [0.25, 0.3) is 10.8 Å². The third-order valence-electron chi connectivity index (χ3n) is 8.21. The second kappa shape index (κ2) is 10.6. The standard InChI is InChI=1S/C30H30BrN3O4S/c31-22-17-30-24(23(25(22)39-30)27(36)32-20-10-2-1-3-11-20)29(38)34(14-6-7-15-35)26(30)28(37)33-21-13-12-18-8-4-5-9-19(18)16-21/h1-5,8-13,16,22-26,35H,6-7,14-15,17H2,(H,32,36)(H,33,37)/t22?,23-,24-,25-,26?,30?/m0/s1. The molecule has 3 N–H and O–H groups in total. The molecule has 3 heterocycles. The number of para-hydroxylation sites is 1. The summed E-state index contributed by atoms with van der Waals surface area (Å²) in [6, 6.07) is 22.3. The van der Waals surface area contributed by atoms with E-state index in [0.717, 1.165) is 10.8 Å². The summed E-state index contributed by atoms with van der Waals surface area (Å²) in [5.41, 5.74) is 1.36. The van der Waals surface area contributed by atoms with Crippen molar-refractivity contribution in [1.82, 2.24) is 4.90 Å². The second-order valence-corrected chi connectivity index (χ2v) is 13.2. The zero-order valence-corrected chi connectivity index (χ0v) is 23.7. The Hall–Kier alpha value is -2.88. The number of likely N-dealkylation sites (tertiary alicyclic amines) is 1. The number of halogens is 1. The topological polar surface area (TPSA) is 98.7 Å². The van der Waals surface area contributed by atoms with Crippen LogP contribution in [0, 0.1) is 11.8 Å². The number of thioether (sulfide) groups is 1. The van der Waals surface area contributed by atoms with Crippen LogP contribution in [0.4, 0.5) is 11.4 Å². The predicted octanol–water partition coefficient (Wildman–Crippen LogP) is 4.65. The fraction of sp³-hybridized carbons (Fsp3) is 0.367. The fourth-order valence-corrected chi connectivity index (χ4v) is 10.2. The number of anilines is 2. The number of carbonyl (C=O) groups is 3. The van der Waals surface area contributed by atoms with E-state index >= 15 is 0 Å². The molecule has 3 aliphatic rings. The van der Waals surface area contributed by atoms with Crippen molar-refractivity contribution in [3.8, 4) is 0 Å². The van der Waals surface area contributed by atoms with Gasteiger partial charge in [0.05, 0.1) is 16.6 Å². The van der Waals surface area contributed by atoms with Gasteiger partial charge in [0, 0.05) is 34.6 Å². The van der Waals surface area contributed by atoms with E-state index in [9.17, 15) is 19.5 Å². The quantitative estimate of drug-likeness (QED) is 0.256. The van der Waals surface area contributed by atoms with Gasteiger partial charge in [-0.15, -0.1) is 11.8 Å². The highest BCUT2D eigenvalue weighted by atomic mass is 79.9. The van der Waals surface area contributed by atoms with Crippen molar-refractivity contribution >= 4 is 67.6 Å². The number of carbonyl (C=O) groups excluding carboxylic acids is 3. The first-order chi connectivity index (χ1) is 18.9. The molecular weight excluding hydrogens is 578 g/mol. The van der Waals surface area contributed by atoms with Crippen molar-refractivity contribution in [2.45, 2.75) is 40.1 Å². The third-order valence-corrected chi connectivity index (χ3v) is 11.4. The number of nitrogens with zero attached hydrogens (tertiary/aromatic N) is 1. The van der Waals surface area contributed by atoms with Gasteiger partial charge in [-0.05, 0) is 54.3 Å². The molecule has 1 spiro atoms. The number of unbranched alkanes of at least 4 members (excludes halogenated alkanes) is 1. The Labute approximate surface area is 239 Å². The van der Waals surface area contributed by atoms with E-state index in [1.165, 1.54) is 0 Å². The molecule has 3 saturated heterocycles. The van der Waals surface area contributed by atoms with Crippen LogP contribution in [0.2, 0.25) is 0 Å². The van der Waals surface area contributed by atoms with Crippen LogP contribution in [0.3, 0.4) is 0 Å². The molecule has 3 unspecified atom stereocenters. The van der Waals surface area contributed by atoms with Crippen LogP contribution in [-0.4, -0.2) is 61.7 Å². The van der Waals surface area contributed by atoms with Crippen molar-refractivity contribution in [1.29, 1.82) is 0 Å². The van der Waals surface area contributed by atoms with Crippen LogP contribution >= 0.6 is 27.7 Å². The van der Waals surface area contributed by atoms with Crippen LogP contribution in [-0.2, 0) is 14.4 Å². The van der Waals surface area contributed by atoms with Crippen molar-refractivity contribution in [3.05, 3.63) is 72.8 Å². The number of benzene rings is 3. The van der Waals surface area contributed by atoms with Gasteiger partial charge in [-0.25, -0.2) is 0 Å². The normalized spacial score (nSPS) is 29.0. The molecule has 3 fully saturated rings. The number of amides is 3. The molecule has 3 amide bonds. The Kier molecular flexibility index (Phi) is 7.16. The van der Waals surface area contributed by atoms with E-state index in [4.69, 9.17) is 0 Å².